The van der Waals surface area contributed by atoms with E-state index in [4.69, 9.17) is 4.74 Å². The van der Waals surface area contributed by atoms with E-state index in [1.165, 1.54) is 47.2 Å². The maximum Gasteiger partial charge on any atom is 0.451 e. The first-order chi connectivity index (χ1) is 14.4. The summed E-state index contributed by atoms with van der Waals surface area (Å²) in [5.41, 5.74) is 2.08. The molecule has 5 nitrogen and oxygen atoms in total. The lowest BCUT2D eigenvalue weighted by Crippen LogP contribution is -2.12. The molecular weight excluding hydrogens is 473 g/mol. The summed E-state index contributed by atoms with van der Waals surface area (Å²) in [6.07, 6.45) is -4.52. The molecule has 0 unspecified atom stereocenters. The van der Waals surface area contributed by atoms with E-state index in [2.05, 4.69) is 27.3 Å². The van der Waals surface area contributed by atoms with Crippen molar-refractivity contribution in [3.63, 3.8) is 0 Å². The fraction of sp³-hybridized carbons (Fsp3) is 0.389. The summed E-state index contributed by atoms with van der Waals surface area (Å²) in [6, 6.07) is 8.16. The number of nitrogens with zero attached hydrogens (tertiary/aromatic N) is 4. The van der Waals surface area contributed by atoms with E-state index < -0.39 is 12.0 Å². The molecule has 12 heteroatoms. The molecule has 160 valence electrons. The van der Waals surface area contributed by atoms with Crippen molar-refractivity contribution in [2.45, 2.75) is 28.3 Å². The van der Waals surface area contributed by atoms with Gasteiger partial charge in [0, 0.05) is 29.7 Å². The molecule has 3 aromatic rings. The number of hydrogen-bond donors (Lipinski definition) is 0. The summed E-state index contributed by atoms with van der Waals surface area (Å²) in [5, 5.41) is 9.74. The van der Waals surface area contributed by atoms with Crippen molar-refractivity contribution in [3.05, 3.63) is 51.7 Å². The van der Waals surface area contributed by atoms with Crippen LogP contribution in [0.3, 0.4) is 0 Å². The Bertz CT molecular complexity index is 984. The standard InChI is InChI=1S/C18H17F3N4OS4/c1-25-16(18(19,20)21)23-24-17(25)30-10-12-9-29-14(22-12)8-26-13-4-2-11(3-5-13)15-27-6-7-28-15/h2-5,9,15H,6-8,10H2,1H3. The van der Waals surface area contributed by atoms with E-state index in [1.54, 1.807) is 0 Å². The first-order valence-electron chi connectivity index (χ1n) is 8.89. The van der Waals surface area contributed by atoms with Crippen LogP contribution < -0.4 is 4.74 Å². The average Bonchev–Trinajstić information content (AvgIpc) is 3.46. The van der Waals surface area contributed by atoms with Crippen LogP contribution >= 0.6 is 46.6 Å². The summed E-state index contributed by atoms with van der Waals surface area (Å²) in [7, 11) is 1.31. The molecule has 0 atom stereocenters. The van der Waals surface area contributed by atoms with Crippen LogP contribution in [0.1, 0.15) is 26.7 Å². The zero-order valence-corrected chi connectivity index (χ0v) is 19.0. The predicted octanol–water partition coefficient (Wildman–Crippen LogP) is 5.64. The number of halogens is 3. The molecular formula is C18H17F3N4OS4. The highest BCUT2D eigenvalue weighted by Gasteiger charge is 2.37. The third kappa shape index (κ3) is 5.27. The summed E-state index contributed by atoms with van der Waals surface area (Å²) < 4.78 is 45.7. The smallest absolute Gasteiger partial charge is 0.451 e. The molecule has 4 rings (SSSR count). The van der Waals surface area contributed by atoms with E-state index in [-0.39, 0.29) is 5.16 Å². The van der Waals surface area contributed by atoms with Crippen molar-refractivity contribution in [1.29, 1.82) is 0 Å². The van der Waals surface area contributed by atoms with E-state index in [1.807, 2.05) is 41.0 Å². The number of ether oxygens (including phenoxy) is 1. The quantitative estimate of drug-likeness (QED) is 0.397. The van der Waals surface area contributed by atoms with Gasteiger partial charge in [-0.3, -0.25) is 0 Å². The first-order valence-corrected chi connectivity index (χ1v) is 12.8. The van der Waals surface area contributed by atoms with E-state index in [0.717, 1.165) is 21.0 Å². The molecule has 1 fully saturated rings. The van der Waals surface area contributed by atoms with Crippen LogP contribution in [0.15, 0.2) is 34.8 Å². The van der Waals surface area contributed by atoms with Gasteiger partial charge in [0.2, 0.25) is 5.82 Å². The topological polar surface area (TPSA) is 52.8 Å². The minimum absolute atomic E-state index is 0.201. The summed E-state index contributed by atoms with van der Waals surface area (Å²) in [6.45, 7) is 0.351. The molecule has 1 aliphatic heterocycles. The number of rotatable bonds is 7. The highest BCUT2D eigenvalue weighted by molar-refractivity contribution is 8.19. The van der Waals surface area contributed by atoms with Gasteiger partial charge in [0.1, 0.15) is 17.4 Å². The van der Waals surface area contributed by atoms with Crippen molar-refractivity contribution in [2.24, 2.45) is 7.05 Å². The van der Waals surface area contributed by atoms with Crippen molar-refractivity contribution >= 4 is 46.6 Å². The summed E-state index contributed by atoms with van der Waals surface area (Å²) in [4.78, 5) is 4.49. The third-order valence-electron chi connectivity index (χ3n) is 4.17. The second-order valence-corrected chi connectivity index (χ2v) is 10.9. The van der Waals surface area contributed by atoms with Crippen molar-refractivity contribution < 1.29 is 17.9 Å². The van der Waals surface area contributed by atoms with Gasteiger partial charge in [-0.2, -0.15) is 13.2 Å². The molecule has 2 aromatic heterocycles. The van der Waals surface area contributed by atoms with Gasteiger partial charge in [0.25, 0.3) is 0 Å². The van der Waals surface area contributed by atoms with Gasteiger partial charge in [-0.25, -0.2) is 4.98 Å². The SMILES string of the molecule is Cn1c(SCc2csc(COc3ccc(C4SCCS4)cc3)n2)nnc1C(F)(F)F. The third-order valence-corrected chi connectivity index (χ3v) is 9.20. The molecule has 0 radical (unpaired) electrons. The summed E-state index contributed by atoms with van der Waals surface area (Å²) >= 11 is 6.56. The molecule has 1 aliphatic rings. The van der Waals surface area contributed by atoms with Crippen LogP contribution in [0.5, 0.6) is 5.75 Å². The maximum atomic E-state index is 12.8. The molecule has 0 saturated carbocycles. The normalized spacial score (nSPS) is 15.1. The number of aromatic nitrogens is 4. The second kappa shape index (κ2) is 9.41. The van der Waals surface area contributed by atoms with Crippen molar-refractivity contribution in [2.75, 3.05) is 11.5 Å². The molecule has 0 aliphatic carbocycles. The van der Waals surface area contributed by atoms with Gasteiger partial charge < -0.3 is 9.30 Å². The minimum atomic E-state index is -4.52. The number of hydrogen-bond acceptors (Lipinski definition) is 8. The zero-order chi connectivity index (χ0) is 21.1. The number of benzene rings is 1. The molecule has 0 N–H and O–H groups in total. The highest BCUT2D eigenvalue weighted by Crippen LogP contribution is 2.45. The molecule has 30 heavy (non-hydrogen) atoms. The monoisotopic (exact) mass is 490 g/mol. The largest absolute Gasteiger partial charge is 0.486 e. The fourth-order valence-electron chi connectivity index (χ4n) is 2.72. The minimum Gasteiger partial charge on any atom is -0.486 e. The molecule has 0 spiro atoms. The van der Waals surface area contributed by atoms with Gasteiger partial charge in [0.15, 0.2) is 5.16 Å². The van der Waals surface area contributed by atoms with Gasteiger partial charge in [0.05, 0.1) is 10.3 Å². The van der Waals surface area contributed by atoms with Gasteiger partial charge in [-0.05, 0) is 17.7 Å². The number of alkyl halides is 3. The van der Waals surface area contributed by atoms with Crippen LogP contribution in [0.25, 0.3) is 0 Å². The molecule has 0 bridgehead atoms. The molecule has 1 saturated heterocycles. The Kier molecular flexibility index (Phi) is 6.85. The van der Waals surface area contributed by atoms with Crippen LogP contribution in [-0.2, 0) is 25.6 Å². The molecule has 3 heterocycles. The lowest BCUT2D eigenvalue weighted by atomic mass is 10.2. The first kappa shape index (κ1) is 21.8. The Morgan fingerprint density at radius 3 is 2.57 bits per heavy atom. The van der Waals surface area contributed by atoms with Crippen LogP contribution in [0, 0.1) is 0 Å². The van der Waals surface area contributed by atoms with E-state index in [9.17, 15) is 13.2 Å². The van der Waals surface area contributed by atoms with E-state index >= 15 is 0 Å². The molecule has 0 amide bonds. The Hall–Kier alpha value is -1.37. The van der Waals surface area contributed by atoms with Gasteiger partial charge in [-0.1, -0.05) is 23.9 Å². The Balaban J connectivity index is 1.29. The lowest BCUT2D eigenvalue weighted by Gasteiger charge is -2.09. The average molecular weight is 491 g/mol. The summed E-state index contributed by atoms with van der Waals surface area (Å²) in [5.74, 6) is 2.58. The van der Waals surface area contributed by atoms with Crippen molar-refractivity contribution in [1.82, 2.24) is 19.7 Å². The lowest BCUT2D eigenvalue weighted by molar-refractivity contribution is -0.147. The molecule has 1 aromatic carbocycles. The van der Waals surface area contributed by atoms with Crippen molar-refractivity contribution in [3.8, 4) is 5.75 Å². The predicted molar refractivity (Wildman–Crippen MR) is 116 cm³/mol. The van der Waals surface area contributed by atoms with Crippen LogP contribution in [0.2, 0.25) is 0 Å². The zero-order valence-electron chi connectivity index (χ0n) is 15.8. The maximum absolute atomic E-state index is 12.8. The Labute approximate surface area is 188 Å². The Morgan fingerprint density at radius 2 is 1.90 bits per heavy atom. The van der Waals surface area contributed by atoms with Crippen LogP contribution in [-0.4, -0.2) is 31.3 Å². The van der Waals surface area contributed by atoms with E-state index in [0.29, 0.717) is 16.9 Å². The number of thiazole rings is 1. The van der Waals surface area contributed by atoms with Crippen LogP contribution in [0.4, 0.5) is 13.2 Å². The second-order valence-electron chi connectivity index (χ2n) is 6.32. The van der Waals surface area contributed by atoms with Gasteiger partial charge >= 0.3 is 6.18 Å². The van der Waals surface area contributed by atoms with Gasteiger partial charge in [-0.15, -0.1) is 45.1 Å². The fourth-order valence-corrected chi connectivity index (χ4v) is 7.20. The Morgan fingerprint density at radius 1 is 1.17 bits per heavy atom. The number of thioether (sulfide) groups is 3. The highest BCUT2D eigenvalue weighted by atomic mass is 32.2.